The van der Waals surface area contributed by atoms with Gasteiger partial charge < -0.3 is 9.64 Å². The van der Waals surface area contributed by atoms with Crippen molar-refractivity contribution in [2.24, 2.45) is 0 Å². The van der Waals surface area contributed by atoms with Gasteiger partial charge in [0.2, 0.25) is 0 Å². The first-order valence-corrected chi connectivity index (χ1v) is 9.54. The molecule has 0 bridgehead atoms. The molecule has 2 aromatic rings. The third-order valence-corrected chi connectivity index (χ3v) is 5.50. The molecule has 7 heteroatoms. The van der Waals surface area contributed by atoms with E-state index in [0.717, 1.165) is 37.9 Å². The Kier molecular flexibility index (Phi) is 4.68. The van der Waals surface area contributed by atoms with Crippen LogP contribution in [0, 0.1) is 0 Å². The Balaban J connectivity index is 1.49. The topological polar surface area (TPSA) is 81.5 Å². The monoisotopic (exact) mass is 369 g/mol. The van der Waals surface area contributed by atoms with Gasteiger partial charge in [-0.3, -0.25) is 14.2 Å². The van der Waals surface area contributed by atoms with E-state index in [1.807, 2.05) is 6.92 Å². The van der Waals surface area contributed by atoms with Gasteiger partial charge in [0, 0.05) is 25.6 Å². The summed E-state index contributed by atoms with van der Waals surface area (Å²) in [4.78, 5) is 43.5. The molecule has 27 heavy (non-hydrogen) atoms. The first-order valence-electron chi connectivity index (χ1n) is 9.54. The molecule has 0 unspecified atom stereocenters. The van der Waals surface area contributed by atoms with Crippen LogP contribution < -0.4 is 5.56 Å². The fourth-order valence-electron chi connectivity index (χ4n) is 3.97. The standard InChI is InChI=1S/C20H23N3O4/c1-13-5-2-3-9-22(13)18(24)12-27-20(26)14-7-8-15-16(11-14)21-17-6-4-10-23(17)19(15)25/h7-8,11,13H,2-6,9-10,12H2,1H3/t13-/m0/s1. The quantitative estimate of drug-likeness (QED) is 0.772. The number of hydrogen-bond acceptors (Lipinski definition) is 5. The minimum atomic E-state index is -0.572. The lowest BCUT2D eigenvalue weighted by atomic mass is 10.0. The normalized spacial score (nSPS) is 19.1. The fraction of sp³-hybridized carbons (Fsp3) is 0.500. The van der Waals surface area contributed by atoms with Gasteiger partial charge >= 0.3 is 5.97 Å². The van der Waals surface area contributed by atoms with Crippen LogP contribution in [0.25, 0.3) is 10.9 Å². The highest BCUT2D eigenvalue weighted by atomic mass is 16.5. The van der Waals surface area contributed by atoms with Crippen LogP contribution in [0.5, 0.6) is 0 Å². The van der Waals surface area contributed by atoms with Crippen molar-refractivity contribution in [3.63, 3.8) is 0 Å². The fourth-order valence-corrected chi connectivity index (χ4v) is 3.97. The van der Waals surface area contributed by atoms with Crippen molar-refractivity contribution in [1.82, 2.24) is 14.5 Å². The molecule has 0 aliphatic carbocycles. The van der Waals surface area contributed by atoms with Crippen LogP contribution in [0.3, 0.4) is 0 Å². The van der Waals surface area contributed by atoms with Crippen LogP contribution in [0.2, 0.25) is 0 Å². The van der Waals surface area contributed by atoms with Crippen LogP contribution in [0.1, 0.15) is 48.8 Å². The first-order chi connectivity index (χ1) is 13.0. The highest BCUT2D eigenvalue weighted by Crippen LogP contribution is 2.18. The lowest BCUT2D eigenvalue weighted by Crippen LogP contribution is -2.44. The predicted molar refractivity (Wildman–Crippen MR) is 99.6 cm³/mol. The third kappa shape index (κ3) is 3.34. The van der Waals surface area contributed by atoms with E-state index in [2.05, 4.69) is 4.98 Å². The van der Waals surface area contributed by atoms with Crippen molar-refractivity contribution in [2.75, 3.05) is 13.2 Å². The second kappa shape index (κ2) is 7.13. The molecule has 0 radical (unpaired) electrons. The zero-order chi connectivity index (χ0) is 19.0. The molecule has 0 N–H and O–H groups in total. The summed E-state index contributed by atoms with van der Waals surface area (Å²) in [6, 6.07) is 4.93. The molecular weight excluding hydrogens is 346 g/mol. The molecule has 3 heterocycles. The second-order valence-corrected chi connectivity index (χ2v) is 7.33. The van der Waals surface area contributed by atoms with Gasteiger partial charge in [-0.05, 0) is 50.8 Å². The summed E-state index contributed by atoms with van der Waals surface area (Å²) in [6.45, 7) is 3.16. The molecule has 2 aliphatic heterocycles. The van der Waals surface area contributed by atoms with Gasteiger partial charge in [-0.2, -0.15) is 0 Å². The summed E-state index contributed by atoms with van der Waals surface area (Å²) in [6.07, 6.45) is 4.77. The molecule has 1 aromatic heterocycles. The Morgan fingerprint density at radius 2 is 2.07 bits per heavy atom. The Hall–Kier alpha value is -2.70. The Morgan fingerprint density at radius 3 is 2.89 bits per heavy atom. The molecule has 2 aliphatic rings. The van der Waals surface area contributed by atoms with E-state index in [0.29, 0.717) is 29.6 Å². The number of ether oxygens (including phenoxy) is 1. The van der Waals surface area contributed by atoms with E-state index in [9.17, 15) is 14.4 Å². The summed E-state index contributed by atoms with van der Waals surface area (Å²) in [7, 11) is 0. The van der Waals surface area contributed by atoms with Crippen molar-refractivity contribution in [3.8, 4) is 0 Å². The number of hydrogen-bond donors (Lipinski definition) is 0. The molecule has 1 fully saturated rings. The number of carbonyl (C=O) groups is 2. The summed E-state index contributed by atoms with van der Waals surface area (Å²) in [5.41, 5.74) is 0.733. The number of piperidine rings is 1. The number of nitrogens with zero attached hydrogens (tertiary/aromatic N) is 3. The van der Waals surface area contributed by atoms with Crippen molar-refractivity contribution in [1.29, 1.82) is 0 Å². The number of aromatic nitrogens is 2. The number of rotatable bonds is 3. The van der Waals surface area contributed by atoms with Crippen molar-refractivity contribution < 1.29 is 14.3 Å². The lowest BCUT2D eigenvalue weighted by molar-refractivity contribution is -0.137. The van der Waals surface area contributed by atoms with Crippen molar-refractivity contribution in [2.45, 2.75) is 51.6 Å². The Bertz CT molecular complexity index is 966. The zero-order valence-corrected chi connectivity index (χ0v) is 15.4. The Morgan fingerprint density at radius 1 is 1.22 bits per heavy atom. The second-order valence-electron chi connectivity index (χ2n) is 7.33. The number of esters is 1. The average Bonchev–Trinajstić information content (AvgIpc) is 3.14. The minimum Gasteiger partial charge on any atom is -0.452 e. The molecule has 1 atom stereocenters. The van der Waals surface area contributed by atoms with Crippen LogP contribution in [0.15, 0.2) is 23.0 Å². The molecule has 0 saturated carbocycles. The predicted octanol–water partition coefficient (Wildman–Crippen LogP) is 1.90. The molecule has 1 amide bonds. The van der Waals surface area contributed by atoms with Crippen molar-refractivity contribution in [3.05, 3.63) is 39.9 Å². The zero-order valence-electron chi connectivity index (χ0n) is 15.4. The van der Waals surface area contributed by atoms with E-state index in [1.165, 1.54) is 0 Å². The van der Waals surface area contributed by atoms with Crippen LogP contribution in [-0.2, 0) is 22.5 Å². The summed E-state index contributed by atoms with van der Waals surface area (Å²) in [5.74, 6) is 0.0233. The van der Waals surface area contributed by atoms with Crippen LogP contribution in [0.4, 0.5) is 0 Å². The SMILES string of the molecule is C[C@H]1CCCCN1C(=O)COC(=O)c1ccc2c(=O)n3c(nc2c1)CCC3. The number of carbonyl (C=O) groups excluding carboxylic acids is 2. The van der Waals surface area contributed by atoms with Gasteiger partial charge in [0.05, 0.1) is 16.5 Å². The highest BCUT2D eigenvalue weighted by Gasteiger charge is 2.24. The van der Waals surface area contributed by atoms with E-state index in [1.54, 1.807) is 27.7 Å². The van der Waals surface area contributed by atoms with E-state index >= 15 is 0 Å². The first kappa shape index (κ1) is 17.7. The highest BCUT2D eigenvalue weighted by molar-refractivity contribution is 5.95. The number of amides is 1. The summed E-state index contributed by atoms with van der Waals surface area (Å²) >= 11 is 0. The molecule has 1 aromatic carbocycles. The third-order valence-electron chi connectivity index (χ3n) is 5.50. The van der Waals surface area contributed by atoms with Gasteiger partial charge in [-0.1, -0.05) is 0 Å². The van der Waals surface area contributed by atoms with Crippen LogP contribution in [-0.4, -0.2) is 45.5 Å². The smallest absolute Gasteiger partial charge is 0.338 e. The van der Waals surface area contributed by atoms with Crippen molar-refractivity contribution >= 4 is 22.8 Å². The summed E-state index contributed by atoms with van der Waals surface area (Å²) in [5, 5.41) is 0.496. The largest absolute Gasteiger partial charge is 0.452 e. The van der Waals surface area contributed by atoms with Crippen LogP contribution >= 0.6 is 0 Å². The number of likely N-dealkylation sites (tertiary alicyclic amines) is 1. The summed E-state index contributed by atoms with van der Waals surface area (Å²) < 4.78 is 6.92. The van der Waals surface area contributed by atoms with Gasteiger partial charge in [0.25, 0.3) is 11.5 Å². The van der Waals surface area contributed by atoms with E-state index in [4.69, 9.17) is 4.74 Å². The van der Waals surface area contributed by atoms with E-state index < -0.39 is 5.97 Å². The molecule has 142 valence electrons. The molecular formula is C20H23N3O4. The van der Waals surface area contributed by atoms with Gasteiger partial charge in [0.15, 0.2) is 6.61 Å². The Labute approximate surface area is 156 Å². The maximum Gasteiger partial charge on any atom is 0.338 e. The number of benzene rings is 1. The average molecular weight is 369 g/mol. The minimum absolute atomic E-state index is 0.0679. The molecule has 1 saturated heterocycles. The molecule has 7 nitrogen and oxygen atoms in total. The van der Waals surface area contributed by atoms with Gasteiger partial charge in [0.1, 0.15) is 5.82 Å². The number of fused-ring (bicyclic) bond motifs is 2. The van der Waals surface area contributed by atoms with Gasteiger partial charge in [-0.15, -0.1) is 0 Å². The van der Waals surface area contributed by atoms with Gasteiger partial charge in [-0.25, -0.2) is 9.78 Å². The van der Waals surface area contributed by atoms with E-state index in [-0.39, 0.29) is 24.1 Å². The number of aryl methyl sites for hydroxylation is 1. The molecule has 4 rings (SSSR count). The lowest BCUT2D eigenvalue weighted by Gasteiger charge is -2.33. The maximum absolute atomic E-state index is 12.5. The molecule has 0 spiro atoms. The maximum atomic E-state index is 12.5.